The molecule has 9 heteroatoms. The topological polar surface area (TPSA) is 89.5 Å². The van der Waals surface area contributed by atoms with Crippen LogP contribution in [0.4, 0.5) is 0 Å². The van der Waals surface area contributed by atoms with Gasteiger partial charge in [-0.2, -0.15) is 0 Å². The first-order chi connectivity index (χ1) is 18.4. The third-order valence-corrected chi connectivity index (χ3v) is 7.44. The summed E-state index contributed by atoms with van der Waals surface area (Å²) >= 11 is 1.45. The molecule has 0 saturated carbocycles. The summed E-state index contributed by atoms with van der Waals surface area (Å²) < 4.78 is 16.3. The van der Waals surface area contributed by atoms with Crippen molar-refractivity contribution < 1.29 is 23.8 Å². The average molecular weight is 532 g/mol. The Hall–Kier alpha value is -3.98. The largest absolute Gasteiger partial charge is 0.458 e. The minimum absolute atomic E-state index is 0.103. The van der Waals surface area contributed by atoms with Gasteiger partial charge in [-0.15, -0.1) is 0 Å². The van der Waals surface area contributed by atoms with E-state index in [4.69, 9.17) is 19.2 Å². The molecule has 1 atom stereocenters. The zero-order valence-electron chi connectivity index (χ0n) is 21.6. The van der Waals surface area contributed by atoms with Crippen LogP contribution in [0.25, 0.3) is 0 Å². The number of benzene rings is 2. The number of rotatable bonds is 8. The fourth-order valence-corrected chi connectivity index (χ4v) is 5.63. The van der Waals surface area contributed by atoms with Crippen LogP contribution in [0.1, 0.15) is 41.6 Å². The van der Waals surface area contributed by atoms with Gasteiger partial charge in [0.05, 0.1) is 23.7 Å². The number of allylic oxidation sites excluding steroid dienone is 1. The quantitative estimate of drug-likeness (QED) is 0.377. The first-order valence-electron chi connectivity index (χ1n) is 12.3. The lowest BCUT2D eigenvalue weighted by molar-refractivity contribution is -0.138. The average Bonchev–Trinajstić information content (AvgIpc) is 3.53. The molecule has 0 radical (unpaired) electrons. The molecular formula is C29H29N3O5S. The van der Waals surface area contributed by atoms with Gasteiger partial charge in [-0.25, -0.2) is 9.79 Å². The summed E-state index contributed by atoms with van der Waals surface area (Å²) in [5.74, 6) is 0.792. The van der Waals surface area contributed by atoms with E-state index in [2.05, 4.69) is 18.0 Å². The summed E-state index contributed by atoms with van der Waals surface area (Å²) in [6, 6.07) is 11.3. The van der Waals surface area contributed by atoms with Crippen molar-refractivity contribution in [1.29, 1.82) is 0 Å². The smallest absolute Gasteiger partial charge is 0.338 e. The van der Waals surface area contributed by atoms with Crippen LogP contribution in [0.15, 0.2) is 76.4 Å². The third kappa shape index (κ3) is 5.06. The maximum Gasteiger partial charge on any atom is 0.338 e. The molecule has 3 aliphatic heterocycles. The lowest BCUT2D eigenvalue weighted by atomic mass is 9.90. The summed E-state index contributed by atoms with van der Waals surface area (Å²) in [6.45, 7) is 10.2. The Bertz CT molecular complexity index is 1410. The van der Waals surface area contributed by atoms with E-state index < -0.39 is 12.0 Å². The van der Waals surface area contributed by atoms with Crippen molar-refractivity contribution in [1.82, 2.24) is 10.2 Å². The van der Waals surface area contributed by atoms with E-state index in [0.29, 0.717) is 29.3 Å². The van der Waals surface area contributed by atoms with E-state index in [9.17, 15) is 9.59 Å². The van der Waals surface area contributed by atoms with Crippen molar-refractivity contribution in [2.75, 3.05) is 13.4 Å². The van der Waals surface area contributed by atoms with Gasteiger partial charge in [0, 0.05) is 12.2 Å². The summed E-state index contributed by atoms with van der Waals surface area (Å²) in [5, 5.41) is 5.65. The van der Waals surface area contributed by atoms with Gasteiger partial charge < -0.3 is 24.4 Å². The number of amidine groups is 1. The second-order valence-electron chi connectivity index (χ2n) is 9.28. The summed E-state index contributed by atoms with van der Waals surface area (Å²) in [4.78, 5) is 33.0. The number of hydrogen-bond donors (Lipinski definition) is 1. The Morgan fingerprint density at radius 1 is 1.18 bits per heavy atom. The molecule has 196 valence electrons. The highest BCUT2D eigenvalue weighted by atomic mass is 32.2. The molecule has 1 amide bonds. The number of amides is 1. The molecule has 0 fully saturated rings. The van der Waals surface area contributed by atoms with Crippen LogP contribution in [0.3, 0.4) is 0 Å². The van der Waals surface area contributed by atoms with Gasteiger partial charge in [-0.1, -0.05) is 54.2 Å². The van der Waals surface area contributed by atoms with E-state index in [1.165, 1.54) is 11.8 Å². The Kier molecular flexibility index (Phi) is 7.28. The zero-order valence-corrected chi connectivity index (χ0v) is 22.4. The molecular weight excluding hydrogens is 502 g/mol. The number of thioether (sulfide) groups is 1. The molecule has 0 aromatic heterocycles. The molecule has 0 bridgehead atoms. The summed E-state index contributed by atoms with van der Waals surface area (Å²) in [7, 11) is 0. The van der Waals surface area contributed by atoms with Crippen molar-refractivity contribution in [3.63, 3.8) is 0 Å². The molecule has 3 heterocycles. The fourth-order valence-electron chi connectivity index (χ4n) is 4.67. The predicted octanol–water partition coefficient (Wildman–Crippen LogP) is 5.04. The molecule has 0 unspecified atom stereocenters. The highest BCUT2D eigenvalue weighted by Crippen LogP contribution is 2.45. The van der Waals surface area contributed by atoms with Crippen LogP contribution in [0, 0.1) is 13.8 Å². The number of ether oxygens (including phenoxy) is 3. The molecule has 38 heavy (non-hydrogen) atoms. The number of carbonyl (C=O) groups excluding carboxylic acids is 2. The van der Waals surface area contributed by atoms with Crippen LogP contribution >= 0.6 is 11.8 Å². The number of esters is 1. The standard InChI is InChI=1S/C29H29N3O5S/c1-5-10-35-28(34)26-19(4)31-29-32(27(26)22-11-17(2)6-7-18(22)3)21(15-38-29)13-25(33)30-14-20-8-9-23-24(12-20)37-16-36-23/h5-9,11-12,15,27H,1,10,13-14,16H2,2-4H3,(H,30,33)/t27-/m1/s1. The van der Waals surface area contributed by atoms with Gasteiger partial charge in [0.15, 0.2) is 16.7 Å². The van der Waals surface area contributed by atoms with E-state index in [0.717, 1.165) is 33.1 Å². The maximum absolute atomic E-state index is 13.3. The van der Waals surface area contributed by atoms with E-state index in [1.807, 2.05) is 61.4 Å². The van der Waals surface area contributed by atoms with E-state index in [-0.39, 0.29) is 25.7 Å². The van der Waals surface area contributed by atoms with Gasteiger partial charge in [-0.05, 0) is 55.0 Å². The number of nitrogens with zero attached hydrogens (tertiary/aromatic N) is 2. The second-order valence-corrected chi connectivity index (χ2v) is 10.1. The number of carbonyl (C=O) groups is 2. The number of fused-ring (bicyclic) bond motifs is 2. The van der Waals surface area contributed by atoms with Crippen molar-refractivity contribution in [3.8, 4) is 11.5 Å². The first kappa shape index (κ1) is 25.7. The molecule has 2 aromatic carbocycles. The lowest BCUT2D eigenvalue weighted by Crippen LogP contribution is -2.38. The van der Waals surface area contributed by atoms with Gasteiger partial charge in [0.25, 0.3) is 0 Å². The number of nitrogens with one attached hydrogen (secondary N) is 1. The van der Waals surface area contributed by atoms with Gasteiger partial charge in [-0.3, -0.25) is 4.79 Å². The Morgan fingerprint density at radius 3 is 2.82 bits per heavy atom. The van der Waals surface area contributed by atoms with Crippen LogP contribution in [0.5, 0.6) is 11.5 Å². The Labute approximate surface area is 226 Å². The minimum atomic E-state index is -0.470. The minimum Gasteiger partial charge on any atom is -0.458 e. The van der Waals surface area contributed by atoms with E-state index >= 15 is 0 Å². The van der Waals surface area contributed by atoms with Crippen molar-refractivity contribution in [2.45, 2.75) is 39.8 Å². The van der Waals surface area contributed by atoms with Gasteiger partial charge in [0.2, 0.25) is 12.7 Å². The number of aliphatic imine (C=N–C) groups is 1. The molecule has 3 aliphatic rings. The summed E-state index contributed by atoms with van der Waals surface area (Å²) in [5.41, 5.74) is 5.82. The van der Waals surface area contributed by atoms with Crippen molar-refractivity contribution in [2.24, 2.45) is 4.99 Å². The molecule has 1 N–H and O–H groups in total. The number of hydrogen-bond acceptors (Lipinski definition) is 8. The molecule has 0 saturated heterocycles. The summed E-state index contributed by atoms with van der Waals surface area (Å²) in [6.07, 6.45) is 1.67. The molecule has 2 aromatic rings. The highest BCUT2D eigenvalue weighted by molar-refractivity contribution is 8.16. The highest BCUT2D eigenvalue weighted by Gasteiger charge is 2.41. The van der Waals surface area contributed by atoms with Crippen molar-refractivity contribution >= 4 is 28.8 Å². The predicted molar refractivity (Wildman–Crippen MR) is 146 cm³/mol. The van der Waals surface area contributed by atoms with Gasteiger partial charge in [0.1, 0.15) is 6.61 Å². The maximum atomic E-state index is 13.3. The first-order valence-corrected chi connectivity index (χ1v) is 13.2. The van der Waals surface area contributed by atoms with Gasteiger partial charge >= 0.3 is 5.97 Å². The molecule has 8 nitrogen and oxygen atoms in total. The normalized spacial score (nSPS) is 17.6. The number of aryl methyl sites for hydroxylation is 2. The molecule has 0 spiro atoms. The monoisotopic (exact) mass is 531 g/mol. The fraction of sp³-hybridized carbons (Fsp3) is 0.276. The second kappa shape index (κ2) is 10.8. The SMILES string of the molecule is C=CCOC(=O)C1=C(C)N=C2SC=C(CC(=O)NCc3ccc4c(c3)OCO4)N2[C@@H]1c1cc(C)ccc1C. The Morgan fingerprint density at radius 2 is 2.00 bits per heavy atom. The van der Waals surface area contributed by atoms with Crippen molar-refractivity contribution in [3.05, 3.63) is 93.7 Å². The Balaban J connectivity index is 1.40. The van der Waals surface area contributed by atoms with Crippen LogP contribution in [0.2, 0.25) is 0 Å². The zero-order chi connectivity index (χ0) is 26.8. The third-order valence-electron chi connectivity index (χ3n) is 6.55. The van der Waals surface area contributed by atoms with Crippen LogP contribution in [-0.2, 0) is 20.9 Å². The lowest BCUT2D eigenvalue weighted by Gasteiger charge is -2.37. The van der Waals surface area contributed by atoms with Crippen LogP contribution in [-0.4, -0.2) is 35.3 Å². The van der Waals surface area contributed by atoms with E-state index in [1.54, 1.807) is 6.08 Å². The molecule has 0 aliphatic carbocycles. The van der Waals surface area contributed by atoms with Crippen LogP contribution < -0.4 is 14.8 Å². The molecule has 5 rings (SSSR count).